The van der Waals surface area contributed by atoms with Crippen LogP contribution < -0.4 is 10.7 Å². The number of urea groups is 1. The van der Waals surface area contributed by atoms with Crippen LogP contribution in [0.1, 0.15) is 12.5 Å². The Morgan fingerprint density at radius 3 is 2.63 bits per heavy atom. The average Bonchev–Trinajstić information content (AvgIpc) is 3.36. The molecule has 4 amide bonds. The zero-order valence-corrected chi connectivity index (χ0v) is 16.1. The molecule has 1 aromatic rings. The number of hydrogen-bond donors (Lipinski definition) is 2. The number of amides is 4. The molecule has 12 heteroatoms. The molecule has 0 saturated carbocycles. The highest BCUT2D eigenvalue weighted by atomic mass is 19.1. The summed E-state index contributed by atoms with van der Waals surface area (Å²) in [4.78, 5) is 40.8. The van der Waals surface area contributed by atoms with Crippen molar-refractivity contribution in [1.29, 1.82) is 0 Å². The summed E-state index contributed by atoms with van der Waals surface area (Å²) in [6, 6.07) is 8.19. The predicted molar refractivity (Wildman–Crippen MR) is 101 cm³/mol. The van der Waals surface area contributed by atoms with Gasteiger partial charge in [-0.05, 0) is 12.5 Å². The number of rotatable bonds is 4. The van der Waals surface area contributed by atoms with Crippen LogP contribution in [-0.2, 0) is 14.9 Å². The standard InChI is InChI=1S/C18H20FN7O4/c1-18(11-5-3-2-4-6-11,12-9-20-17(29)30-12)14(27)24-25-7-8-26(13(19)10-25)15-21-16(28)23-22-15/h2-6,12-13H,7-10H2,1H3,(H,20,29)(H,24,27). The Kier molecular flexibility index (Phi) is 5.16. The number of nitrogens with zero attached hydrogens (tertiary/aromatic N) is 5. The monoisotopic (exact) mass is 417 g/mol. The van der Waals surface area contributed by atoms with Crippen LogP contribution >= 0.6 is 0 Å². The molecule has 30 heavy (non-hydrogen) atoms. The second-order valence-corrected chi connectivity index (χ2v) is 7.25. The van der Waals surface area contributed by atoms with Crippen molar-refractivity contribution in [2.75, 3.05) is 26.2 Å². The number of guanidine groups is 1. The smallest absolute Gasteiger partial charge is 0.407 e. The summed E-state index contributed by atoms with van der Waals surface area (Å²) in [5, 5.41) is 10.8. The van der Waals surface area contributed by atoms with Gasteiger partial charge < -0.3 is 15.0 Å². The van der Waals surface area contributed by atoms with Crippen molar-refractivity contribution >= 4 is 24.0 Å². The molecule has 3 aliphatic heterocycles. The molecule has 0 radical (unpaired) electrons. The van der Waals surface area contributed by atoms with E-state index in [0.717, 1.165) is 0 Å². The van der Waals surface area contributed by atoms with Crippen LogP contribution in [0.3, 0.4) is 0 Å². The average molecular weight is 417 g/mol. The van der Waals surface area contributed by atoms with E-state index in [9.17, 15) is 18.8 Å². The molecule has 1 aromatic carbocycles. The van der Waals surface area contributed by atoms with Gasteiger partial charge in [-0.25, -0.2) is 19.0 Å². The number of halogens is 1. The lowest BCUT2D eigenvalue weighted by Crippen LogP contribution is -2.62. The van der Waals surface area contributed by atoms with E-state index < -0.39 is 35.8 Å². The molecule has 3 atom stereocenters. The van der Waals surface area contributed by atoms with E-state index in [2.05, 4.69) is 26.0 Å². The highest BCUT2D eigenvalue weighted by Gasteiger charge is 2.48. The van der Waals surface area contributed by atoms with Crippen molar-refractivity contribution in [1.82, 2.24) is 20.7 Å². The summed E-state index contributed by atoms with van der Waals surface area (Å²) >= 11 is 0. The second-order valence-electron chi connectivity index (χ2n) is 7.25. The fourth-order valence-electron chi connectivity index (χ4n) is 3.62. The number of carbonyl (C=O) groups is 3. The molecule has 158 valence electrons. The Balaban J connectivity index is 1.48. The number of alkyl carbamates (subject to hydrolysis) is 1. The van der Waals surface area contributed by atoms with Gasteiger partial charge in [-0.15, -0.1) is 5.11 Å². The lowest BCUT2D eigenvalue weighted by molar-refractivity contribution is -0.136. The maximum Gasteiger partial charge on any atom is 0.407 e. The Morgan fingerprint density at radius 1 is 1.27 bits per heavy atom. The van der Waals surface area contributed by atoms with E-state index >= 15 is 0 Å². The number of azo groups is 1. The minimum Gasteiger partial charge on any atom is -0.443 e. The van der Waals surface area contributed by atoms with Gasteiger partial charge in [0.1, 0.15) is 11.5 Å². The Bertz CT molecular complexity index is 924. The minimum absolute atomic E-state index is 0.0726. The van der Waals surface area contributed by atoms with Gasteiger partial charge >= 0.3 is 12.1 Å². The first-order valence-corrected chi connectivity index (χ1v) is 9.39. The zero-order chi connectivity index (χ0) is 21.3. The zero-order valence-electron chi connectivity index (χ0n) is 16.1. The summed E-state index contributed by atoms with van der Waals surface area (Å²) in [6.45, 7) is 2.11. The van der Waals surface area contributed by atoms with Crippen molar-refractivity contribution in [3.8, 4) is 0 Å². The Labute approximate surface area is 170 Å². The molecule has 2 N–H and O–H groups in total. The minimum atomic E-state index is -1.54. The van der Waals surface area contributed by atoms with E-state index in [1.165, 1.54) is 9.91 Å². The topological polar surface area (TPSA) is 128 Å². The molecule has 0 aromatic heterocycles. The number of cyclic esters (lactones) is 1. The van der Waals surface area contributed by atoms with Gasteiger partial charge in [-0.1, -0.05) is 35.4 Å². The Hall–Kier alpha value is -3.41. The quantitative estimate of drug-likeness (QED) is 0.702. The first-order valence-electron chi connectivity index (χ1n) is 9.39. The van der Waals surface area contributed by atoms with Gasteiger partial charge in [0.2, 0.25) is 5.91 Å². The number of hydrazine groups is 1. The van der Waals surface area contributed by atoms with Crippen LogP contribution in [0.15, 0.2) is 45.6 Å². The second kappa shape index (κ2) is 7.78. The number of hydrogen-bond acceptors (Lipinski definition) is 7. The maximum atomic E-state index is 14.7. The summed E-state index contributed by atoms with van der Waals surface area (Å²) in [5.41, 5.74) is 2.22. The van der Waals surface area contributed by atoms with Crippen molar-refractivity contribution in [3.05, 3.63) is 35.9 Å². The molecule has 4 rings (SSSR count). The molecule has 2 saturated heterocycles. The third-order valence-electron chi connectivity index (χ3n) is 5.43. The van der Waals surface area contributed by atoms with Gasteiger partial charge in [-0.2, -0.15) is 4.99 Å². The fourth-order valence-corrected chi connectivity index (χ4v) is 3.62. The maximum absolute atomic E-state index is 14.7. The van der Waals surface area contributed by atoms with Crippen molar-refractivity contribution in [2.24, 2.45) is 15.2 Å². The van der Waals surface area contributed by atoms with E-state index in [4.69, 9.17) is 4.74 Å². The van der Waals surface area contributed by atoms with Gasteiger partial charge in [0.15, 0.2) is 6.30 Å². The largest absolute Gasteiger partial charge is 0.443 e. The molecule has 11 nitrogen and oxygen atoms in total. The van der Waals surface area contributed by atoms with Crippen LogP contribution in [0.4, 0.5) is 14.0 Å². The normalized spacial score (nSPS) is 26.1. The van der Waals surface area contributed by atoms with E-state index in [0.29, 0.717) is 5.56 Å². The number of alkyl halides is 1. The van der Waals surface area contributed by atoms with E-state index in [1.54, 1.807) is 31.2 Å². The molecule has 2 fully saturated rings. The summed E-state index contributed by atoms with van der Waals surface area (Å²) in [5.74, 6) is -0.500. The van der Waals surface area contributed by atoms with Gasteiger partial charge in [0.25, 0.3) is 5.96 Å². The molecule has 3 heterocycles. The lowest BCUT2D eigenvalue weighted by Gasteiger charge is -2.39. The number of aliphatic imine (C=N–C) groups is 1. The number of nitrogens with one attached hydrogen (secondary N) is 2. The third-order valence-corrected chi connectivity index (χ3v) is 5.43. The summed E-state index contributed by atoms with van der Waals surface area (Å²) in [6.07, 6.45) is -2.86. The van der Waals surface area contributed by atoms with Crippen LogP contribution in [0.5, 0.6) is 0 Å². The molecular weight excluding hydrogens is 397 g/mol. The summed E-state index contributed by atoms with van der Waals surface area (Å²) < 4.78 is 20.0. The highest BCUT2D eigenvalue weighted by molar-refractivity contribution is 5.97. The Morgan fingerprint density at radius 2 is 2.03 bits per heavy atom. The molecule has 3 unspecified atom stereocenters. The van der Waals surface area contributed by atoms with Gasteiger partial charge in [0.05, 0.1) is 13.1 Å². The third kappa shape index (κ3) is 3.61. The predicted octanol–water partition coefficient (Wildman–Crippen LogP) is 0.939. The first kappa shape index (κ1) is 19.9. The first-order chi connectivity index (χ1) is 14.4. The van der Waals surface area contributed by atoms with Crippen molar-refractivity contribution < 1.29 is 23.5 Å². The van der Waals surface area contributed by atoms with E-state index in [1.807, 2.05) is 6.07 Å². The van der Waals surface area contributed by atoms with Crippen LogP contribution in [-0.4, -0.2) is 72.5 Å². The molecule has 3 aliphatic rings. The van der Waals surface area contributed by atoms with Crippen molar-refractivity contribution in [2.45, 2.75) is 24.7 Å². The van der Waals surface area contributed by atoms with Crippen LogP contribution in [0.25, 0.3) is 0 Å². The SMILES string of the molecule is CC(C(=O)NN1CCN(C2=NC(=O)N=N2)C(F)C1)(c1ccccc1)C1CNC(=O)O1. The van der Waals surface area contributed by atoms with E-state index in [-0.39, 0.29) is 32.1 Å². The van der Waals surface area contributed by atoms with Crippen LogP contribution in [0.2, 0.25) is 0 Å². The molecular formula is C18H20FN7O4. The highest BCUT2D eigenvalue weighted by Crippen LogP contribution is 2.32. The number of carbonyl (C=O) groups excluding carboxylic acids is 3. The van der Waals surface area contributed by atoms with Crippen LogP contribution in [0, 0.1) is 0 Å². The molecule has 0 spiro atoms. The van der Waals surface area contributed by atoms with Gasteiger partial charge in [-0.3, -0.25) is 10.2 Å². The number of piperazine rings is 1. The fraction of sp³-hybridized carbons (Fsp3) is 0.444. The molecule has 0 bridgehead atoms. The number of benzene rings is 1. The number of ether oxygens (including phenoxy) is 1. The van der Waals surface area contributed by atoms with Crippen molar-refractivity contribution in [3.63, 3.8) is 0 Å². The lowest BCUT2D eigenvalue weighted by atomic mass is 9.76. The molecule has 0 aliphatic carbocycles. The summed E-state index contributed by atoms with van der Waals surface area (Å²) in [7, 11) is 0. The van der Waals surface area contributed by atoms with Gasteiger partial charge in [0, 0.05) is 13.1 Å².